The van der Waals surface area contributed by atoms with E-state index in [2.05, 4.69) is 16.7 Å². The molecule has 2 aromatic carbocycles. The molecule has 0 aliphatic carbocycles. The Bertz CT molecular complexity index is 599. The van der Waals surface area contributed by atoms with Crippen molar-refractivity contribution in [3.05, 3.63) is 65.5 Å². The van der Waals surface area contributed by atoms with Gasteiger partial charge in [-0.25, -0.2) is 4.39 Å². The fourth-order valence-corrected chi connectivity index (χ4v) is 1.90. The average Bonchev–Trinajstić information content (AvgIpc) is 2.41. The molecular formula is C16H17FN2O. The number of benzene rings is 2. The van der Waals surface area contributed by atoms with Crippen molar-refractivity contribution >= 4 is 11.6 Å². The van der Waals surface area contributed by atoms with Crippen LogP contribution in [0.4, 0.5) is 10.1 Å². The van der Waals surface area contributed by atoms with Crippen LogP contribution in [0.25, 0.3) is 0 Å². The van der Waals surface area contributed by atoms with Crippen molar-refractivity contribution in [3.63, 3.8) is 0 Å². The highest BCUT2D eigenvalue weighted by Crippen LogP contribution is 2.11. The normalized spacial score (nSPS) is 10.3. The highest BCUT2D eigenvalue weighted by atomic mass is 19.1. The number of hydrogen-bond donors (Lipinski definition) is 2. The fraction of sp³-hybridized carbons (Fsp3) is 0.188. The SMILES string of the molecule is Cc1cccc(CNCC(=O)Nc2ccccc2F)c1. The molecule has 2 N–H and O–H groups in total. The minimum Gasteiger partial charge on any atom is -0.322 e. The molecule has 4 heteroatoms. The minimum atomic E-state index is -0.431. The molecule has 1 amide bonds. The van der Waals surface area contributed by atoms with Crippen LogP contribution in [0.15, 0.2) is 48.5 Å². The largest absolute Gasteiger partial charge is 0.322 e. The lowest BCUT2D eigenvalue weighted by Gasteiger charge is -2.08. The molecule has 0 radical (unpaired) electrons. The lowest BCUT2D eigenvalue weighted by molar-refractivity contribution is -0.115. The molecule has 0 aliphatic heterocycles. The molecule has 0 aliphatic rings. The number of halogens is 1. The van der Waals surface area contributed by atoms with Gasteiger partial charge in [0.25, 0.3) is 0 Å². The summed E-state index contributed by atoms with van der Waals surface area (Å²) in [6, 6.07) is 14.2. The van der Waals surface area contributed by atoms with E-state index in [1.165, 1.54) is 17.7 Å². The minimum absolute atomic E-state index is 0.141. The summed E-state index contributed by atoms with van der Waals surface area (Å²) in [4.78, 5) is 11.7. The van der Waals surface area contributed by atoms with Crippen molar-refractivity contribution in [2.24, 2.45) is 0 Å². The predicted octanol–water partition coefficient (Wildman–Crippen LogP) is 2.86. The van der Waals surface area contributed by atoms with Gasteiger partial charge < -0.3 is 10.6 Å². The Morgan fingerprint density at radius 3 is 2.70 bits per heavy atom. The molecule has 0 heterocycles. The van der Waals surface area contributed by atoms with E-state index in [1.807, 2.05) is 25.1 Å². The van der Waals surface area contributed by atoms with Crippen LogP contribution in [-0.4, -0.2) is 12.5 Å². The van der Waals surface area contributed by atoms with Gasteiger partial charge in [0, 0.05) is 6.54 Å². The van der Waals surface area contributed by atoms with Crippen LogP contribution in [-0.2, 0) is 11.3 Å². The van der Waals surface area contributed by atoms with Gasteiger partial charge >= 0.3 is 0 Å². The standard InChI is InChI=1S/C16H17FN2O/c1-12-5-4-6-13(9-12)10-18-11-16(20)19-15-8-3-2-7-14(15)17/h2-9,18H,10-11H2,1H3,(H,19,20). The summed E-state index contributed by atoms with van der Waals surface area (Å²) in [7, 11) is 0. The molecule has 0 bridgehead atoms. The number of rotatable bonds is 5. The fourth-order valence-electron chi connectivity index (χ4n) is 1.90. The first kappa shape index (κ1) is 14.2. The molecular weight excluding hydrogens is 255 g/mol. The van der Waals surface area contributed by atoms with Gasteiger partial charge in [0.05, 0.1) is 12.2 Å². The van der Waals surface area contributed by atoms with Crippen molar-refractivity contribution in [1.82, 2.24) is 5.32 Å². The Hall–Kier alpha value is -2.20. The Kier molecular flexibility index (Phi) is 4.85. The Balaban J connectivity index is 1.80. The Labute approximate surface area is 117 Å². The van der Waals surface area contributed by atoms with Crippen LogP contribution in [0.1, 0.15) is 11.1 Å². The van der Waals surface area contributed by atoms with Gasteiger partial charge in [-0.15, -0.1) is 0 Å². The van der Waals surface area contributed by atoms with Crippen LogP contribution < -0.4 is 10.6 Å². The van der Waals surface area contributed by atoms with Crippen molar-refractivity contribution in [2.45, 2.75) is 13.5 Å². The van der Waals surface area contributed by atoms with Crippen molar-refractivity contribution < 1.29 is 9.18 Å². The molecule has 0 aromatic heterocycles. The van der Waals surface area contributed by atoms with E-state index >= 15 is 0 Å². The zero-order chi connectivity index (χ0) is 14.4. The Morgan fingerprint density at radius 1 is 1.15 bits per heavy atom. The molecule has 0 fully saturated rings. The van der Waals surface area contributed by atoms with Gasteiger partial charge in [0.15, 0.2) is 0 Å². The predicted molar refractivity (Wildman–Crippen MR) is 77.9 cm³/mol. The van der Waals surface area contributed by atoms with E-state index in [4.69, 9.17) is 0 Å². The van der Waals surface area contributed by atoms with Crippen LogP contribution in [0, 0.1) is 12.7 Å². The Morgan fingerprint density at radius 2 is 1.95 bits per heavy atom. The summed E-state index contributed by atoms with van der Waals surface area (Å²) in [6.07, 6.45) is 0. The molecule has 0 saturated heterocycles. The molecule has 3 nitrogen and oxygen atoms in total. The van der Waals surface area contributed by atoms with E-state index in [0.29, 0.717) is 6.54 Å². The zero-order valence-electron chi connectivity index (χ0n) is 11.3. The van der Waals surface area contributed by atoms with Gasteiger partial charge in [-0.2, -0.15) is 0 Å². The quantitative estimate of drug-likeness (QED) is 0.878. The first-order chi connectivity index (χ1) is 9.65. The third kappa shape index (κ3) is 4.17. The van der Waals surface area contributed by atoms with Crippen LogP contribution in [0.2, 0.25) is 0 Å². The van der Waals surface area contributed by atoms with E-state index in [-0.39, 0.29) is 18.1 Å². The molecule has 0 spiro atoms. The van der Waals surface area contributed by atoms with Gasteiger partial charge in [-0.3, -0.25) is 4.79 Å². The first-order valence-electron chi connectivity index (χ1n) is 6.46. The summed E-state index contributed by atoms with van der Waals surface area (Å²) >= 11 is 0. The molecule has 0 unspecified atom stereocenters. The zero-order valence-corrected chi connectivity index (χ0v) is 11.3. The van der Waals surface area contributed by atoms with Gasteiger partial charge in [0.2, 0.25) is 5.91 Å². The highest BCUT2D eigenvalue weighted by molar-refractivity contribution is 5.92. The van der Waals surface area contributed by atoms with Crippen molar-refractivity contribution in [1.29, 1.82) is 0 Å². The number of amides is 1. The van der Waals surface area contributed by atoms with Gasteiger partial charge in [0.1, 0.15) is 5.82 Å². The third-order valence-corrected chi connectivity index (χ3v) is 2.85. The summed E-state index contributed by atoms with van der Waals surface area (Å²) in [5.41, 5.74) is 2.50. The molecule has 0 saturated carbocycles. The summed E-state index contributed by atoms with van der Waals surface area (Å²) < 4.78 is 13.3. The van der Waals surface area contributed by atoms with E-state index in [9.17, 15) is 9.18 Å². The number of nitrogens with one attached hydrogen (secondary N) is 2. The number of aryl methyl sites for hydroxylation is 1. The first-order valence-corrected chi connectivity index (χ1v) is 6.46. The second-order valence-electron chi connectivity index (χ2n) is 4.62. The lowest BCUT2D eigenvalue weighted by atomic mass is 10.1. The van der Waals surface area contributed by atoms with Gasteiger partial charge in [-0.05, 0) is 24.6 Å². The second-order valence-corrected chi connectivity index (χ2v) is 4.62. The number of carbonyl (C=O) groups excluding carboxylic acids is 1. The average molecular weight is 272 g/mol. The summed E-state index contributed by atoms with van der Waals surface area (Å²) in [5, 5.41) is 5.57. The number of para-hydroxylation sites is 1. The van der Waals surface area contributed by atoms with Crippen LogP contribution >= 0.6 is 0 Å². The van der Waals surface area contributed by atoms with E-state index < -0.39 is 5.82 Å². The van der Waals surface area contributed by atoms with Crippen LogP contribution in [0.5, 0.6) is 0 Å². The number of anilines is 1. The third-order valence-electron chi connectivity index (χ3n) is 2.85. The lowest BCUT2D eigenvalue weighted by Crippen LogP contribution is -2.28. The molecule has 2 aromatic rings. The molecule has 20 heavy (non-hydrogen) atoms. The maximum atomic E-state index is 13.3. The highest BCUT2D eigenvalue weighted by Gasteiger charge is 2.05. The van der Waals surface area contributed by atoms with E-state index in [0.717, 1.165) is 5.56 Å². The van der Waals surface area contributed by atoms with Crippen molar-refractivity contribution in [3.8, 4) is 0 Å². The van der Waals surface area contributed by atoms with Crippen molar-refractivity contribution in [2.75, 3.05) is 11.9 Å². The van der Waals surface area contributed by atoms with E-state index in [1.54, 1.807) is 12.1 Å². The number of carbonyl (C=O) groups is 1. The number of hydrogen-bond acceptors (Lipinski definition) is 2. The van der Waals surface area contributed by atoms with Crippen LogP contribution in [0.3, 0.4) is 0 Å². The summed E-state index contributed by atoms with van der Waals surface area (Å²) in [5.74, 6) is -0.692. The van der Waals surface area contributed by atoms with Gasteiger partial charge in [-0.1, -0.05) is 42.0 Å². The maximum absolute atomic E-state index is 13.3. The monoisotopic (exact) mass is 272 g/mol. The summed E-state index contributed by atoms with van der Waals surface area (Å²) in [6.45, 7) is 2.77. The molecule has 104 valence electrons. The molecule has 2 rings (SSSR count). The molecule has 0 atom stereocenters. The maximum Gasteiger partial charge on any atom is 0.238 e. The smallest absolute Gasteiger partial charge is 0.238 e. The topological polar surface area (TPSA) is 41.1 Å². The second kappa shape index (κ2) is 6.82.